The maximum atomic E-state index is 13.1. The van der Waals surface area contributed by atoms with E-state index < -0.39 is 18.0 Å². The SMILES string of the molecule is COC(=O)COc1cccc(C(=O)N2C(C(=O)O)CC3CCCCC32)c1. The first-order valence-corrected chi connectivity index (χ1v) is 8.86. The van der Waals surface area contributed by atoms with Crippen LogP contribution in [0.1, 0.15) is 42.5 Å². The molecule has 1 N–H and O–H groups in total. The number of amides is 1. The Balaban J connectivity index is 1.80. The van der Waals surface area contributed by atoms with Crippen LogP contribution in [0, 0.1) is 5.92 Å². The number of ether oxygens (including phenoxy) is 2. The van der Waals surface area contributed by atoms with Crippen LogP contribution in [0.2, 0.25) is 0 Å². The van der Waals surface area contributed by atoms with Gasteiger partial charge in [0.05, 0.1) is 7.11 Å². The Morgan fingerprint density at radius 3 is 2.73 bits per heavy atom. The quantitative estimate of drug-likeness (QED) is 0.807. The fourth-order valence-electron chi connectivity index (χ4n) is 4.04. The molecule has 1 heterocycles. The van der Waals surface area contributed by atoms with E-state index in [1.54, 1.807) is 29.2 Å². The third-order valence-corrected chi connectivity index (χ3v) is 5.27. The molecule has 3 rings (SSSR count). The zero-order chi connectivity index (χ0) is 18.7. The number of esters is 1. The molecule has 0 aromatic heterocycles. The standard InChI is InChI=1S/C19H23NO6/c1-25-17(21)11-26-14-7-4-6-13(9-14)18(22)20-15-8-3-2-5-12(15)10-16(20)19(23)24/h4,6-7,9,12,15-16H,2-3,5,8,10-11H2,1H3,(H,23,24). The summed E-state index contributed by atoms with van der Waals surface area (Å²) in [5.74, 6) is -1.14. The molecule has 1 aromatic carbocycles. The highest BCUT2D eigenvalue weighted by atomic mass is 16.6. The first-order valence-electron chi connectivity index (χ1n) is 8.86. The molecule has 2 fully saturated rings. The topological polar surface area (TPSA) is 93.1 Å². The van der Waals surface area contributed by atoms with Crippen LogP contribution in [0.15, 0.2) is 24.3 Å². The van der Waals surface area contributed by atoms with Gasteiger partial charge in [0.25, 0.3) is 5.91 Å². The number of hydrogen-bond donors (Lipinski definition) is 1. The van der Waals surface area contributed by atoms with Gasteiger partial charge in [0, 0.05) is 11.6 Å². The van der Waals surface area contributed by atoms with E-state index >= 15 is 0 Å². The van der Waals surface area contributed by atoms with Gasteiger partial charge in [-0.2, -0.15) is 0 Å². The van der Waals surface area contributed by atoms with E-state index in [0.717, 1.165) is 25.7 Å². The van der Waals surface area contributed by atoms with Crippen LogP contribution < -0.4 is 4.74 Å². The van der Waals surface area contributed by atoms with Crippen molar-refractivity contribution in [1.82, 2.24) is 4.90 Å². The van der Waals surface area contributed by atoms with Crippen molar-refractivity contribution in [2.45, 2.75) is 44.2 Å². The lowest BCUT2D eigenvalue weighted by Gasteiger charge is -2.33. The second kappa shape index (κ2) is 7.76. The van der Waals surface area contributed by atoms with Gasteiger partial charge in [0.15, 0.2) is 6.61 Å². The highest BCUT2D eigenvalue weighted by molar-refractivity contribution is 5.97. The largest absolute Gasteiger partial charge is 0.482 e. The highest BCUT2D eigenvalue weighted by Crippen LogP contribution is 2.40. The van der Waals surface area contributed by atoms with Crippen LogP contribution in [-0.4, -0.2) is 53.7 Å². The monoisotopic (exact) mass is 361 g/mol. The number of carboxylic acids is 1. The molecule has 1 aliphatic carbocycles. The molecule has 1 saturated carbocycles. The number of carbonyl (C=O) groups is 3. The second-order valence-electron chi connectivity index (χ2n) is 6.81. The summed E-state index contributed by atoms with van der Waals surface area (Å²) in [6.45, 7) is -0.250. The lowest BCUT2D eigenvalue weighted by atomic mass is 9.84. The van der Waals surface area contributed by atoms with Crippen molar-refractivity contribution in [2.24, 2.45) is 5.92 Å². The minimum absolute atomic E-state index is 0.0167. The summed E-state index contributed by atoms with van der Waals surface area (Å²) in [4.78, 5) is 37.5. The predicted octanol–water partition coefficient (Wildman–Crippen LogP) is 2.10. The normalized spacial score (nSPS) is 24.7. The fourth-order valence-corrected chi connectivity index (χ4v) is 4.04. The summed E-state index contributed by atoms with van der Waals surface area (Å²) < 4.78 is 9.86. The van der Waals surface area contributed by atoms with Gasteiger partial charge in [0.2, 0.25) is 0 Å². The number of fused-ring (bicyclic) bond motifs is 1. The van der Waals surface area contributed by atoms with Crippen molar-refractivity contribution in [1.29, 1.82) is 0 Å². The number of methoxy groups -OCH3 is 1. The molecule has 0 spiro atoms. The van der Waals surface area contributed by atoms with Crippen LogP contribution in [-0.2, 0) is 14.3 Å². The summed E-state index contributed by atoms with van der Waals surface area (Å²) >= 11 is 0. The molecule has 7 nitrogen and oxygen atoms in total. The van der Waals surface area contributed by atoms with Crippen molar-refractivity contribution in [3.05, 3.63) is 29.8 Å². The van der Waals surface area contributed by atoms with Gasteiger partial charge in [-0.3, -0.25) is 4.79 Å². The molecular formula is C19H23NO6. The summed E-state index contributed by atoms with van der Waals surface area (Å²) in [5, 5.41) is 9.58. The van der Waals surface area contributed by atoms with E-state index in [9.17, 15) is 19.5 Å². The van der Waals surface area contributed by atoms with Crippen molar-refractivity contribution < 1.29 is 29.0 Å². The van der Waals surface area contributed by atoms with Crippen LogP contribution in [0.5, 0.6) is 5.75 Å². The van der Waals surface area contributed by atoms with E-state index in [4.69, 9.17) is 4.74 Å². The summed E-state index contributed by atoms with van der Waals surface area (Å²) in [7, 11) is 1.27. The molecule has 2 aliphatic rings. The van der Waals surface area contributed by atoms with Gasteiger partial charge in [0.1, 0.15) is 11.8 Å². The molecule has 7 heteroatoms. The Bertz CT molecular complexity index is 703. The minimum Gasteiger partial charge on any atom is -0.482 e. The van der Waals surface area contributed by atoms with E-state index in [1.165, 1.54) is 7.11 Å². The van der Waals surface area contributed by atoms with Gasteiger partial charge in [-0.1, -0.05) is 18.9 Å². The third-order valence-electron chi connectivity index (χ3n) is 5.27. The number of hydrogen-bond acceptors (Lipinski definition) is 5. The van der Waals surface area contributed by atoms with Crippen LogP contribution in [0.4, 0.5) is 0 Å². The van der Waals surface area contributed by atoms with Crippen LogP contribution in [0.3, 0.4) is 0 Å². The second-order valence-corrected chi connectivity index (χ2v) is 6.81. The summed E-state index contributed by atoms with van der Waals surface area (Å²) in [6, 6.07) is 5.68. The molecule has 140 valence electrons. The number of likely N-dealkylation sites (tertiary alicyclic amines) is 1. The van der Waals surface area contributed by atoms with E-state index in [2.05, 4.69) is 4.74 Å². The van der Waals surface area contributed by atoms with Gasteiger partial charge in [-0.15, -0.1) is 0 Å². The Hall–Kier alpha value is -2.57. The third kappa shape index (κ3) is 3.66. The van der Waals surface area contributed by atoms with E-state index in [-0.39, 0.29) is 24.5 Å². The molecule has 3 atom stereocenters. The smallest absolute Gasteiger partial charge is 0.343 e. The van der Waals surface area contributed by atoms with Crippen molar-refractivity contribution in [2.75, 3.05) is 13.7 Å². The zero-order valence-electron chi connectivity index (χ0n) is 14.7. The molecule has 1 amide bonds. The van der Waals surface area contributed by atoms with Crippen LogP contribution >= 0.6 is 0 Å². The number of nitrogens with zero attached hydrogens (tertiary/aromatic N) is 1. The minimum atomic E-state index is -0.953. The van der Waals surface area contributed by atoms with Gasteiger partial charge < -0.3 is 19.5 Å². The Kier molecular flexibility index (Phi) is 5.44. The van der Waals surface area contributed by atoms with E-state index in [0.29, 0.717) is 17.7 Å². The highest BCUT2D eigenvalue weighted by Gasteiger charge is 2.47. The molecular weight excluding hydrogens is 338 g/mol. The Morgan fingerprint density at radius 2 is 2.00 bits per heavy atom. The molecule has 0 bridgehead atoms. The van der Waals surface area contributed by atoms with Crippen molar-refractivity contribution >= 4 is 17.8 Å². The lowest BCUT2D eigenvalue weighted by molar-refractivity contribution is -0.143. The number of aliphatic carboxylic acids is 1. The fraction of sp³-hybridized carbons (Fsp3) is 0.526. The Labute approximate surface area is 151 Å². The zero-order valence-corrected chi connectivity index (χ0v) is 14.7. The molecule has 1 saturated heterocycles. The van der Waals surface area contributed by atoms with Gasteiger partial charge >= 0.3 is 11.9 Å². The number of carbonyl (C=O) groups excluding carboxylic acids is 2. The molecule has 1 aromatic rings. The van der Waals surface area contributed by atoms with E-state index in [1.807, 2.05) is 0 Å². The first-order chi connectivity index (χ1) is 12.5. The number of rotatable bonds is 5. The first kappa shape index (κ1) is 18.2. The molecule has 0 radical (unpaired) electrons. The van der Waals surface area contributed by atoms with Crippen LogP contribution in [0.25, 0.3) is 0 Å². The van der Waals surface area contributed by atoms with Gasteiger partial charge in [-0.25, -0.2) is 9.59 Å². The predicted molar refractivity (Wildman–Crippen MR) is 91.9 cm³/mol. The molecule has 3 unspecified atom stereocenters. The summed E-state index contributed by atoms with van der Waals surface area (Å²) in [6.07, 6.45) is 4.44. The average Bonchev–Trinajstić information content (AvgIpc) is 3.05. The average molecular weight is 361 g/mol. The number of carboxylic acid groups (broad SMARTS) is 1. The maximum absolute atomic E-state index is 13.1. The maximum Gasteiger partial charge on any atom is 0.343 e. The lowest BCUT2D eigenvalue weighted by Crippen LogP contribution is -2.46. The molecule has 1 aliphatic heterocycles. The summed E-state index contributed by atoms with van der Waals surface area (Å²) in [5.41, 5.74) is 0.366. The van der Waals surface area contributed by atoms with Crippen molar-refractivity contribution in [3.63, 3.8) is 0 Å². The number of benzene rings is 1. The molecule has 26 heavy (non-hydrogen) atoms. The van der Waals surface area contributed by atoms with Crippen molar-refractivity contribution in [3.8, 4) is 5.75 Å². The Morgan fingerprint density at radius 1 is 1.23 bits per heavy atom. The van der Waals surface area contributed by atoms with Gasteiger partial charge in [-0.05, 0) is 43.4 Å².